The van der Waals surface area contributed by atoms with E-state index in [1.807, 2.05) is 12.3 Å². The van der Waals surface area contributed by atoms with Crippen LogP contribution in [0.5, 0.6) is 0 Å². The van der Waals surface area contributed by atoms with Gasteiger partial charge >= 0.3 is 0 Å². The third kappa shape index (κ3) is 2.29. The van der Waals surface area contributed by atoms with Crippen molar-refractivity contribution in [3.8, 4) is 0 Å². The lowest BCUT2D eigenvalue weighted by Crippen LogP contribution is -1.88. The fourth-order valence-electron chi connectivity index (χ4n) is 0.882. The minimum absolute atomic E-state index is 0.490. The highest BCUT2D eigenvalue weighted by atomic mass is 79.9. The molecule has 0 aromatic heterocycles. The zero-order valence-electron chi connectivity index (χ0n) is 6.61. The molecule has 0 bridgehead atoms. The van der Waals surface area contributed by atoms with E-state index < -0.39 is 0 Å². The van der Waals surface area contributed by atoms with Gasteiger partial charge in [-0.1, -0.05) is 11.6 Å². The second-order valence-corrected chi connectivity index (χ2v) is 5.12. The van der Waals surface area contributed by atoms with Crippen molar-refractivity contribution in [3.05, 3.63) is 25.6 Å². The van der Waals surface area contributed by atoms with Gasteiger partial charge in [-0.15, -0.1) is 11.8 Å². The lowest BCUT2D eigenvalue weighted by Gasteiger charge is -2.07. The van der Waals surface area contributed by atoms with Gasteiger partial charge in [0.1, 0.15) is 0 Å². The van der Waals surface area contributed by atoms with Crippen LogP contribution in [0.4, 0.5) is 0 Å². The Morgan fingerprint density at radius 3 is 2.54 bits per heavy atom. The second-order valence-electron chi connectivity index (χ2n) is 2.22. The topological polar surface area (TPSA) is 17.1 Å². The number of benzene rings is 1. The molecule has 0 saturated heterocycles. The van der Waals surface area contributed by atoms with Crippen molar-refractivity contribution in [2.75, 3.05) is 6.26 Å². The molecule has 0 spiro atoms. The summed E-state index contributed by atoms with van der Waals surface area (Å²) >= 11 is 14.1. The highest BCUT2D eigenvalue weighted by Crippen LogP contribution is 2.38. The van der Waals surface area contributed by atoms with E-state index in [2.05, 4.69) is 31.9 Å². The Kier molecular flexibility index (Phi) is 4.29. The molecule has 1 aromatic rings. The molecule has 0 heterocycles. The minimum Gasteiger partial charge on any atom is -0.298 e. The van der Waals surface area contributed by atoms with Crippen molar-refractivity contribution < 1.29 is 4.79 Å². The van der Waals surface area contributed by atoms with E-state index in [1.54, 1.807) is 0 Å². The third-order valence-corrected chi connectivity index (χ3v) is 4.37. The number of halogens is 3. The maximum atomic E-state index is 10.7. The first-order valence-corrected chi connectivity index (χ1v) is 6.47. The number of carbonyl (C=O) groups is 1. The standard InChI is InChI=1S/C8H5Br2ClOS/c1-13-8-6(10)2-5(9)4(3-12)7(8)11/h2-3H,1H3. The van der Waals surface area contributed by atoms with Crippen molar-refractivity contribution in [2.45, 2.75) is 4.90 Å². The van der Waals surface area contributed by atoms with E-state index in [0.29, 0.717) is 15.1 Å². The summed E-state index contributed by atoms with van der Waals surface area (Å²) in [6.45, 7) is 0. The van der Waals surface area contributed by atoms with Crippen LogP contribution in [-0.2, 0) is 0 Å². The molecule has 0 unspecified atom stereocenters. The van der Waals surface area contributed by atoms with Crippen LogP contribution in [0.3, 0.4) is 0 Å². The van der Waals surface area contributed by atoms with Gasteiger partial charge in [-0.3, -0.25) is 4.79 Å². The highest BCUT2D eigenvalue weighted by molar-refractivity contribution is 9.11. The summed E-state index contributed by atoms with van der Waals surface area (Å²) in [5, 5.41) is 0.490. The summed E-state index contributed by atoms with van der Waals surface area (Å²) in [5.74, 6) is 0. The van der Waals surface area contributed by atoms with Gasteiger partial charge in [0.25, 0.3) is 0 Å². The number of thioether (sulfide) groups is 1. The molecule has 0 aliphatic rings. The Balaban J connectivity index is 3.47. The Hall–Kier alpha value is 0.490. The smallest absolute Gasteiger partial charge is 0.152 e. The van der Waals surface area contributed by atoms with E-state index in [-0.39, 0.29) is 0 Å². The Labute approximate surface area is 102 Å². The Bertz CT molecular complexity index is 354. The molecular weight excluding hydrogens is 339 g/mol. The van der Waals surface area contributed by atoms with Crippen LogP contribution in [0, 0.1) is 0 Å². The first kappa shape index (κ1) is 11.6. The third-order valence-electron chi connectivity index (χ3n) is 1.49. The van der Waals surface area contributed by atoms with E-state index in [9.17, 15) is 4.79 Å². The number of hydrogen-bond acceptors (Lipinski definition) is 2. The fraction of sp³-hybridized carbons (Fsp3) is 0.125. The molecule has 0 aliphatic carbocycles. The van der Waals surface area contributed by atoms with Gasteiger partial charge in [0.15, 0.2) is 6.29 Å². The van der Waals surface area contributed by atoms with Crippen molar-refractivity contribution >= 4 is 61.5 Å². The van der Waals surface area contributed by atoms with Crippen LogP contribution in [0.25, 0.3) is 0 Å². The van der Waals surface area contributed by atoms with Crippen LogP contribution < -0.4 is 0 Å². The van der Waals surface area contributed by atoms with Crippen molar-refractivity contribution in [3.63, 3.8) is 0 Å². The average molecular weight is 344 g/mol. The lowest BCUT2D eigenvalue weighted by molar-refractivity contribution is 0.112. The fourth-order valence-corrected chi connectivity index (χ4v) is 3.87. The minimum atomic E-state index is 0.490. The van der Waals surface area contributed by atoms with Crippen LogP contribution in [-0.4, -0.2) is 12.5 Å². The first-order chi connectivity index (χ1) is 6.11. The summed E-state index contributed by atoms with van der Waals surface area (Å²) in [7, 11) is 0. The van der Waals surface area contributed by atoms with E-state index >= 15 is 0 Å². The molecule has 1 rings (SSSR count). The van der Waals surface area contributed by atoms with Crippen LogP contribution >= 0.6 is 55.2 Å². The van der Waals surface area contributed by atoms with Gasteiger partial charge in [0, 0.05) is 19.4 Å². The predicted molar refractivity (Wildman–Crippen MR) is 64.0 cm³/mol. The van der Waals surface area contributed by atoms with Crippen LogP contribution in [0.2, 0.25) is 5.02 Å². The van der Waals surface area contributed by atoms with Gasteiger partial charge in [-0.2, -0.15) is 0 Å². The monoisotopic (exact) mass is 342 g/mol. The summed E-state index contributed by atoms with van der Waals surface area (Å²) in [4.78, 5) is 11.6. The number of hydrogen-bond donors (Lipinski definition) is 0. The van der Waals surface area contributed by atoms with Crippen LogP contribution in [0.15, 0.2) is 19.9 Å². The molecule has 1 nitrogen and oxygen atoms in total. The van der Waals surface area contributed by atoms with Crippen LogP contribution in [0.1, 0.15) is 10.4 Å². The molecular formula is C8H5Br2ClOS. The summed E-state index contributed by atoms with van der Waals surface area (Å²) in [6, 6.07) is 1.82. The maximum absolute atomic E-state index is 10.7. The molecule has 13 heavy (non-hydrogen) atoms. The largest absolute Gasteiger partial charge is 0.298 e. The number of aldehydes is 1. The summed E-state index contributed by atoms with van der Waals surface area (Å²) < 4.78 is 1.60. The Morgan fingerprint density at radius 2 is 2.08 bits per heavy atom. The summed E-state index contributed by atoms with van der Waals surface area (Å²) in [5.41, 5.74) is 0.495. The molecule has 0 fully saturated rings. The van der Waals surface area contributed by atoms with Gasteiger partial charge in [-0.25, -0.2) is 0 Å². The Morgan fingerprint density at radius 1 is 1.46 bits per heavy atom. The molecule has 0 atom stereocenters. The molecule has 0 N–H and O–H groups in total. The van der Waals surface area contributed by atoms with Gasteiger partial charge in [0.05, 0.1) is 5.02 Å². The zero-order valence-corrected chi connectivity index (χ0v) is 11.3. The van der Waals surface area contributed by atoms with Gasteiger partial charge in [0.2, 0.25) is 0 Å². The number of carbonyl (C=O) groups excluding carboxylic acids is 1. The van der Waals surface area contributed by atoms with E-state index in [4.69, 9.17) is 11.6 Å². The molecule has 5 heteroatoms. The lowest BCUT2D eigenvalue weighted by atomic mass is 10.2. The summed E-state index contributed by atoms with van der Waals surface area (Å²) in [6.07, 6.45) is 2.66. The van der Waals surface area contributed by atoms with Crippen molar-refractivity contribution in [1.29, 1.82) is 0 Å². The molecule has 0 amide bonds. The average Bonchev–Trinajstić information content (AvgIpc) is 2.04. The number of rotatable bonds is 2. The van der Waals surface area contributed by atoms with E-state index in [1.165, 1.54) is 11.8 Å². The quantitative estimate of drug-likeness (QED) is 0.584. The van der Waals surface area contributed by atoms with Crippen molar-refractivity contribution in [2.24, 2.45) is 0 Å². The molecule has 1 aromatic carbocycles. The molecule has 0 saturated carbocycles. The molecule has 0 aliphatic heterocycles. The molecule has 0 radical (unpaired) electrons. The van der Waals surface area contributed by atoms with Gasteiger partial charge in [-0.05, 0) is 44.2 Å². The second kappa shape index (κ2) is 4.82. The van der Waals surface area contributed by atoms with Crippen molar-refractivity contribution in [1.82, 2.24) is 0 Å². The van der Waals surface area contributed by atoms with Gasteiger partial charge < -0.3 is 0 Å². The maximum Gasteiger partial charge on any atom is 0.152 e. The highest BCUT2D eigenvalue weighted by Gasteiger charge is 2.12. The zero-order chi connectivity index (χ0) is 10.0. The van der Waals surface area contributed by atoms with E-state index in [0.717, 1.165) is 15.7 Å². The predicted octanol–water partition coefficient (Wildman–Crippen LogP) is 4.40. The first-order valence-electron chi connectivity index (χ1n) is 3.28. The normalized spacial score (nSPS) is 10.2. The SMILES string of the molecule is CSc1c(Br)cc(Br)c(C=O)c1Cl. The molecule has 70 valence electrons.